The molecule has 0 unspecified atom stereocenters. The van der Waals surface area contributed by atoms with Gasteiger partial charge in [-0.15, -0.1) is 0 Å². The summed E-state index contributed by atoms with van der Waals surface area (Å²) in [6.07, 6.45) is 0.849. The van der Waals surface area contributed by atoms with Crippen LogP contribution in [-0.2, 0) is 9.53 Å². The van der Waals surface area contributed by atoms with Crippen LogP contribution in [0.15, 0.2) is 9.66 Å². The third kappa shape index (κ3) is 3.33. The first-order valence-corrected chi connectivity index (χ1v) is 4.66. The molecule has 0 amide bonds. The summed E-state index contributed by atoms with van der Waals surface area (Å²) in [6.45, 7) is 3.81. The molecule has 0 rings (SSSR count). The Bertz CT molecular complexity index is 154. The van der Waals surface area contributed by atoms with E-state index in [1.54, 1.807) is 7.11 Å². The van der Waals surface area contributed by atoms with Crippen molar-refractivity contribution in [3.05, 3.63) is 9.66 Å². The summed E-state index contributed by atoms with van der Waals surface area (Å²) in [5.74, 6) is -0.0639. The zero-order chi connectivity index (χ0) is 8.85. The van der Waals surface area contributed by atoms with Gasteiger partial charge in [-0.2, -0.15) is 0 Å². The molecule has 0 saturated carbocycles. The van der Waals surface area contributed by atoms with E-state index in [0.29, 0.717) is 0 Å². The number of aldehydes is 1. The minimum atomic E-state index is -0.0654. The number of halogens is 1. The summed E-state index contributed by atoms with van der Waals surface area (Å²) in [6, 6.07) is 0. The first kappa shape index (κ1) is 11.1. The Labute approximate surface area is 81.1 Å². The molecule has 0 aliphatic heterocycles. The van der Waals surface area contributed by atoms with Crippen LogP contribution in [-0.4, -0.2) is 19.5 Å². The van der Waals surface area contributed by atoms with Crippen LogP contribution in [0.2, 0.25) is 0 Å². The molecule has 0 fully saturated rings. The summed E-state index contributed by atoms with van der Waals surface area (Å²) in [7, 11) is 1.62. The molecule has 0 aromatic carbocycles. The second-order valence-electron chi connectivity index (χ2n) is 2.50. The normalized spacial score (nSPS) is 17.6. The molecule has 0 bridgehead atoms. The van der Waals surface area contributed by atoms with Gasteiger partial charge in [0.25, 0.3) is 0 Å². The molecule has 0 N–H and O–H groups in total. The fourth-order valence-electron chi connectivity index (χ4n) is 0.949. The zero-order valence-electron chi connectivity index (χ0n) is 7.00. The second-order valence-corrected chi connectivity index (χ2v) is 3.13. The Morgan fingerprint density at radius 3 is 2.45 bits per heavy atom. The van der Waals surface area contributed by atoms with Crippen molar-refractivity contribution in [3.8, 4) is 0 Å². The molecule has 11 heavy (non-hydrogen) atoms. The van der Waals surface area contributed by atoms with Gasteiger partial charge in [-0.1, -0.05) is 29.5 Å². The summed E-state index contributed by atoms with van der Waals surface area (Å²) < 4.78 is 7.09. The monoisotopic (exact) mass is 268 g/mol. The third-order valence-corrected chi connectivity index (χ3v) is 2.55. The summed E-state index contributed by atoms with van der Waals surface area (Å²) >= 11 is 2.14. The van der Waals surface area contributed by atoms with E-state index in [4.69, 9.17) is 4.74 Å². The average molecular weight is 268 g/mol. The van der Waals surface area contributed by atoms with Crippen LogP contribution < -0.4 is 0 Å². The van der Waals surface area contributed by atoms with Crippen molar-refractivity contribution in [2.75, 3.05) is 7.11 Å². The van der Waals surface area contributed by atoms with Crippen LogP contribution in [0.5, 0.6) is 0 Å². The fraction of sp³-hybridized carbons (Fsp3) is 0.625. The maximum Gasteiger partial charge on any atom is 0.125 e. The van der Waals surface area contributed by atoms with Gasteiger partial charge in [0.15, 0.2) is 0 Å². The van der Waals surface area contributed by atoms with E-state index in [9.17, 15) is 4.79 Å². The molecule has 0 aromatic heterocycles. The molecule has 64 valence electrons. The lowest BCUT2D eigenvalue weighted by molar-refractivity contribution is -0.113. The van der Waals surface area contributed by atoms with Crippen molar-refractivity contribution in [2.45, 2.75) is 20.0 Å². The smallest absolute Gasteiger partial charge is 0.125 e. The summed E-state index contributed by atoms with van der Waals surface area (Å²) in [5.41, 5.74) is 1.09. The number of carbonyl (C=O) groups excluding carboxylic acids is 1. The molecule has 0 spiro atoms. The molecular weight excluding hydrogens is 255 g/mol. The van der Waals surface area contributed by atoms with Crippen molar-refractivity contribution in [1.82, 2.24) is 0 Å². The molecule has 0 heterocycles. The van der Waals surface area contributed by atoms with Crippen molar-refractivity contribution >= 4 is 28.9 Å². The predicted octanol–water partition coefficient (Wildman–Crippen LogP) is 2.18. The summed E-state index contributed by atoms with van der Waals surface area (Å²) in [4.78, 5) is 10.4. The van der Waals surface area contributed by atoms with Crippen LogP contribution >= 0.6 is 22.6 Å². The number of hydrogen-bond donors (Lipinski definition) is 0. The molecule has 0 aliphatic rings. The van der Waals surface area contributed by atoms with Gasteiger partial charge in [-0.3, -0.25) is 0 Å². The van der Waals surface area contributed by atoms with Crippen LogP contribution in [0.25, 0.3) is 0 Å². The van der Waals surface area contributed by atoms with E-state index in [1.165, 1.54) is 0 Å². The van der Waals surface area contributed by atoms with E-state index < -0.39 is 0 Å². The molecule has 3 heteroatoms. The molecular formula is C8H13IO2. The van der Waals surface area contributed by atoms with E-state index in [1.807, 2.05) is 17.9 Å². The maximum atomic E-state index is 10.4. The van der Waals surface area contributed by atoms with Gasteiger partial charge in [0.05, 0.1) is 6.10 Å². The van der Waals surface area contributed by atoms with Crippen LogP contribution in [0, 0.1) is 5.92 Å². The fourth-order valence-corrected chi connectivity index (χ4v) is 1.30. The van der Waals surface area contributed by atoms with Crippen molar-refractivity contribution in [3.63, 3.8) is 0 Å². The first-order valence-electron chi connectivity index (χ1n) is 3.42. The van der Waals surface area contributed by atoms with Gasteiger partial charge in [0.1, 0.15) is 6.29 Å². The molecule has 0 radical (unpaired) electrons. The SMILES string of the molecule is CO[C@@H](/C(C)=C/I)[C@@H](C)C=O. The van der Waals surface area contributed by atoms with Crippen LogP contribution in [0.4, 0.5) is 0 Å². The summed E-state index contributed by atoms with van der Waals surface area (Å²) in [5, 5.41) is 0. The lowest BCUT2D eigenvalue weighted by Crippen LogP contribution is -2.22. The minimum absolute atomic E-state index is 0.0639. The Morgan fingerprint density at radius 1 is 1.64 bits per heavy atom. The number of rotatable bonds is 4. The molecule has 0 aromatic rings. The zero-order valence-corrected chi connectivity index (χ0v) is 9.16. The third-order valence-electron chi connectivity index (χ3n) is 1.57. The lowest BCUT2D eigenvalue weighted by Gasteiger charge is -2.18. The first-order chi connectivity index (χ1) is 5.17. The highest BCUT2D eigenvalue weighted by Crippen LogP contribution is 2.15. The van der Waals surface area contributed by atoms with Gasteiger partial charge >= 0.3 is 0 Å². The maximum absolute atomic E-state index is 10.4. The standard InChI is InChI=1S/C8H13IO2/c1-6(4-9)8(11-3)7(2)5-10/h4-5,7-8H,1-3H3/b6-4+/t7-,8-/m0/s1. The van der Waals surface area contributed by atoms with E-state index in [2.05, 4.69) is 22.6 Å². The van der Waals surface area contributed by atoms with Crippen LogP contribution in [0.1, 0.15) is 13.8 Å². The van der Waals surface area contributed by atoms with E-state index in [-0.39, 0.29) is 12.0 Å². The molecule has 2 atom stereocenters. The molecule has 0 saturated heterocycles. The second kappa shape index (κ2) is 5.71. The van der Waals surface area contributed by atoms with E-state index in [0.717, 1.165) is 11.9 Å². The Kier molecular flexibility index (Phi) is 5.76. The molecule has 0 aliphatic carbocycles. The number of carbonyl (C=O) groups is 1. The van der Waals surface area contributed by atoms with Gasteiger partial charge < -0.3 is 9.53 Å². The Morgan fingerprint density at radius 2 is 2.18 bits per heavy atom. The Balaban J connectivity index is 4.27. The van der Waals surface area contributed by atoms with Crippen molar-refractivity contribution in [2.24, 2.45) is 5.92 Å². The lowest BCUT2D eigenvalue weighted by atomic mass is 10.0. The Hall–Kier alpha value is 0.1000. The van der Waals surface area contributed by atoms with Gasteiger partial charge in [0.2, 0.25) is 0 Å². The van der Waals surface area contributed by atoms with Gasteiger partial charge in [-0.05, 0) is 16.6 Å². The predicted molar refractivity (Wildman–Crippen MR) is 53.8 cm³/mol. The highest BCUT2D eigenvalue weighted by molar-refractivity contribution is 14.1. The number of hydrogen-bond acceptors (Lipinski definition) is 2. The van der Waals surface area contributed by atoms with Crippen molar-refractivity contribution < 1.29 is 9.53 Å². The van der Waals surface area contributed by atoms with Gasteiger partial charge in [0, 0.05) is 13.0 Å². The largest absolute Gasteiger partial charge is 0.376 e. The minimum Gasteiger partial charge on any atom is -0.376 e. The average Bonchev–Trinajstić information content (AvgIpc) is 2.05. The van der Waals surface area contributed by atoms with Crippen molar-refractivity contribution in [1.29, 1.82) is 0 Å². The van der Waals surface area contributed by atoms with Crippen LogP contribution in [0.3, 0.4) is 0 Å². The number of ether oxygens (including phenoxy) is 1. The quantitative estimate of drug-likeness (QED) is 0.577. The molecule has 2 nitrogen and oxygen atoms in total. The highest BCUT2D eigenvalue weighted by atomic mass is 127. The topological polar surface area (TPSA) is 26.3 Å². The van der Waals surface area contributed by atoms with E-state index >= 15 is 0 Å². The number of methoxy groups -OCH3 is 1. The van der Waals surface area contributed by atoms with Gasteiger partial charge in [-0.25, -0.2) is 0 Å². The highest BCUT2D eigenvalue weighted by Gasteiger charge is 2.16.